The van der Waals surface area contributed by atoms with Gasteiger partial charge in [0.05, 0.1) is 12.2 Å². The number of benzene rings is 1. The minimum Gasteiger partial charge on any atom is -0.370 e. The van der Waals surface area contributed by atoms with Crippen LogP contribution >= 0.6 is 27.5 Å². The summed E-state index contributed by atoms with van der Waals surface area (Å²) >= 11 is 9.65. The van der Waals surface area contributed by atoms with Crippen LogP contribution in [0.2, 0.25) is 0 Å². The molecule has 0 saturated heterocycles. The molecule has 2 atom stereocenters. The number of rotatable bonds is 7. The molecule has 2 rings (SSSR count). The summed E-state index contributed by atoms with van der Waals surface area (Å²) in [5.41, 5.74) is 1.39. The molecule has 0 bridgehead atoms. The summed E-state index contributed by atoms with van der Waals surface area (Å²) in [7, 11) is 1.55. The number of likely N-dealkylation sites (N-methyl/N-ethyl adjacent to an activating group) is 1. The second kappa shape index (κ2) is 10.1. The molecule has 0 saturated carbocycles. The number of amides is 2. The summed E-state index contributed by atoms with van der Waals surface area (Å²) in [6.07, 6.45) is 4.11. The summed E-state index contributed by atoms with van der Waals surface area (Å²) in [5.74, 6) is -0.583. The maximum absolute atomic E-state index is 12.6. The molecule has 0 fully saturated rings. The molecular weight excluding hydrogens is 432 g/mol. The van der Waals surface area contributed by atoms with E-state index in [2.05, 4.69) is 26.6 Å². The van der Waals surface area contributed by atoms with Gasteiger partial charge in [-0.2, -0.15) is 0 Å². The van der Waals surface area contributed by atoms with E-state index in [0.717, 1.165) is 10.0 Å². The van der Waals surface area contributed by atoms with Crippen molar-refractivity contribution >= 4 is 39.3 Å². The van der Waals surface area contributed by atoms with Gasteiger partial charge in [0.1, 0.15) is 6.04 Å². The molecule has 0 radical (unpaired) electrons. The van der Waals surface area contributed by atoms with Gasteiger partial charge in [0, 0.05) is 28.5 Å². The Morgan fingerprint density at radius 3 is 2.52 bits per heavy atom. The predicted molar refractivity (Wildman–Crippen MR) is 110 cm³/mol. The van der Waals surface area contributed by atoms with Gasteiger partial charge in [0.2, 0.25) is 5.91 Å². The van der Waals surface area contributed by atoms with Gasteiger partial charge in [-0.05, 0) is 44.0 Å². The van der Waals surface area contributed by atoms with Crippen LogP contribution < -0.4 is 10.6 Å². The summed E-state index contributed by atoms with van der Waals surface area (Å²) in [6.45, 7) is 3.87. The molecule has 2 N–H and O–H groups in total. The minimum atomic E-state index is -0.679. The first-order valence-corrected chi connectivity index (χ1v) is 9.96. The van der Waals surface area contributed by atoms with Gasteiger partial charge in [0.15, 0.2) is 0 Å². The lowest BCUT2D eigenvalue weighted by Crippen LogP contribution is -2.47. The Hall–Kier alpha value is -1.63. The highest BCUT2D eigenvalue weighted by molar-refractivity contribution is 9.10. The van der Waals surface area contributed by atoms with Crippen LogP contribution in [0, 0.1) is 0 Å². The van der Waals surface area contributed by atoms with E-state index in [1.54, 1.807) is 19.2 Å². The van der Waals surface area contributed by atoms with E-state index in [4.69, 9.17) is 16.3 Å². The molecule has 0 spiro atoms. The molecule has 0 heterocycles. The number of hydrogen-bond acceptors (Lipinski definition) is 3. The maximum Gasteiger partial charge on any atom is 0.251 e. The number of carbonyl (C=O) groups excluding carboxylic acids is 2. The molecule has 2 unspecified atom stereocenters. The molecule has 1 aliphatic rings. The molecule has 0 aromatic heterocycles. The summed E-state index contributed by atoms with van der Waals surface area (Å²) < 4.78 is 6.67. The van der Waals surface area contributed by atoms with Crippen molar-refractivity contribution in [2.24, 2.45) is 0 Å². The third-order valence-electron chi connectivity index (χ3n) is 4.07. The van der Waals surface area contributed by atoms with Gasteiger partial charge < -0.3 is 15.4 Å². The molecule has 0 aliphatic heterocycles. The zero-order valence-electron chi connectivity index (χ0n) is 15.6. The largest absolute Gasteiger partial charge is 0.370 e. The summed E-state index contributed by atoms with van der Waals surface area (Å²) in [4.78, 5) is 24.9. The van der Waals surface area contributed by atoms with Crippen LogP contribution in [0.25, 0.3) is 0 Å². The van der Waals surface area contributed by atoms with Gasteiger partial charge in [0.25, 0.3) is 5.91 Å². The first kappa shape index (κ1) is 21.7. The number of halogens is 2. The highest BCUT2D eigenvalue weighted by Gasteiger charge is 2.25. The standard InChI is InChI=1S/C20H24BrClN2O3/c1-12(2)27-18-9-6-14(11-16(18)22)19(25)24-17(20(26)23-3)10-13-4-7-15(21)8-5-13/h4-8,11-12,17-18H,9-10H2,1-3H3,(H,23,26)(H,24,25). The van der Waals surface area contributed by atoms with Crippen LogP contribution in [0.1, 0.15) is 25.8 Å². The predicted octanol–water partition coefficient (Wildman–Crippen LogP) is 3.47. The lowest BCUT2D eigenvalue weighted by molar-refractivity contribution is -0.127. The first-order chi connectivity index (χ1) is 12.8. The minimum absolute atomic E-state index is 0.0458. The Labute approximate surface area is 173 Å². The van der Waals surface area contributed by atoms with Crippen molar-refractivity contribution in [2.75, 3.05) is 7.05 Å². The second-order valence-corrected chi connectivity index (χ2v) is 7.92. The number of nitrogens with one attached hydrogen (secondary N) is 2. The van der Waals surface area contributed by atoms with Crippen molar-refractivity contribution in [1.29, 1.82) is 0 Å². The molecule has 7 heteroatoms. The topological polar surface area (TPSA) is 67.4 Å². The summed E-state index contributed by atoms with van der Waals surface area (Å²) in [5, 5.41) is 5.89. The monoisotopic (exact) mass is 454 g/mol. The zero-order valence-corrected chi connectivity index (χ0v) is 17.9. The van der Waals surface area contributed by atoms with Crippen LogP contribution in [0.5, 0.6) is 0 Å². The maximum atomic E-state index is 12.6. The van der Waals surface area contributed by atoms with Crippen LogP contribution in [-0.2, 0) is 20.7 Å². The fraction of sp³-hybridized carbons (Fsp3) is 0.400. The van der Waals surface area contributed by atoms with E-state index in [9.17, 15) is 9.59 Å². The quantitative estimate of drug-likeness (QED) is 0.661. The number of ether oxygens (including phenoxy) is 1. The van der Waals surface area contributed by atoms with Gasteiger partial charge in [-0.3, -0.25) is 9.59 Å². The zero-order chi connectivity index (χ0) is 20.0. The Kier molecular flexibility index (Phi) is 8.07. The Balaban J connectivity index is 2.06. The van der Waals surface area contributed by atoms with E-state index < -0.39 is 6.04 Å². The molecule has 2 amide bonds. The fourth-order valence-electron chi connectivity index (χ4n) is 2.74. The lowest BCUT2D eigenvalue weighted by atomic mass is 10.0. The van der Waals surface area contributed by atoms with Crippen LogP contribution in [0.4, 0.5) is 0 Å². The number of carbonyl (C=O) groups is 2. The molecule has 1 aromatic rings. The van der Waals surface area contributed by atoms with Gasteiger partial charge in [-0.15, -0.1) is 0 Å². The molecule has 1 aliphatic carbocycles. The Morgan fingerprint density at radius 1 is 1.30 bits per heavy atom. The van der Waals surface area contributed by atoms with E-state index in [-0.39, 0.29) is 24.0 Å². The highest BCUT2D eigenvalue weighted by Crippen LogP contribution is 2.25. The van der Waals surface area contributed by atoms with Crippen LogP contribution in [0.3, 0.4) is 0 Å². The molecular formula is C20H24BrClN2O3. The van der Waals surface area contributed by atoms with Crippen molar-refractivity contribution in [3.05, 3.63) is 57.1 Å². The van der Waals surface area contributed by atoms with E-state index in [0.29, 0.717) is 23.4 Å². The SMILES string of the molecule is CNC(=O)C(Cc1ccc(Br)cc1)NC(=O)C1=CCC(OC(C)C)C(Cl)=C1. The third kappa shape index (κ3) is 6.48. The van der Waals surface area contributed by atoms with E-state index in [1.807, 2.05) is 38.1 Å². The fourth-order valence-corrected chi connectivity index (χ4v) is 3.26. The number of hydrogen-bond donors (Lipinski definition) is 2. The van der Waals surface area contributed by atoms with Crippen LogP contribution in [0.15, 0.2) is 51.5 Å². The second-order valence-electron chi connectivity index (χ2n) is 6.57. The van der Waals surface area contributed by atoms with Crippen LogP contribution in [-0.4, -0.2) is 37.1 Å². The van der Waals surface area contributed by atoms with E-state index in [1.165, 1.54) is 0 Å². The Morgan fingerprint density at radius 2 is 1.96 bits per heavy atom. The molecule has 146 valence electrons. The summed E-state index contributed by atoms with van der Waals surface area (Å²) in [6, 6.07) is 6.95. The van der Waals surface area contributed by atoms with Crippen molar-refractivity contribution in [3.8, 4) is 0 Å². The first-order valence-electron chi connectivity index (χ1n) is 8.79. The molecule has 1 aromatic carbocycles. The normalized spacial score (nSPS) is 17.8. The smallest absolute Gasteiger partial charge is 0.251 e. The van der Waals surface area contributed by atoms with Crippen molar-refractivity contribution in [2.45, 2.75) is 44.9 Å². The average Bonchev–Trinajstić information content (AvgIpc) is 2.63. The van der Waals surface area contributed by atoms with E-state index >= 15 is 0 Å². The average molecular weight is 456 g/mol. The van der Waals surface area contributed by atoms with Crippen molar-refractivity contribution < 1.29 is 14.3 Å². The highest BCUT2D eigenvalue weighted by atomic mass is 79.9. The molecule has 5 nitrogen and oxygen atoms in total. The van der Waals surface area contributed by atoms with Crippen molar-refractivity contribution in [1.82, 2.24) is 10.6 Å². The third-order valence-corrected chi connectivity index (χ3v) is 4.95. The van der Waals surface area contributed by atoms with Gasteiger partial charge >= 0.3 is 0 Å². The molecule has 27 heavy (non-hydrogen) atoms. The lowest BCUT2D eigenvalue weighted by Gasteiger charge is -2.23. The van der Waals surface area contributed by atoms with Crippen molar-refractivity contribution in [3.63, 3.8) is 0 Å². The Bertz CT molecular complexity index is 744. The van der Waals surface area contributed by atoms with Gasteiger partial charge in [-0.25, -0.2) is 0 Å². The van der Waals surface area contributed by atoms with Gasteiger partial charge in [-0.1, -0.05) is 45.7 Å².